The summed E-state index contributed by atoms with van der Waals surface area (Å²) in [5.41, 5.74) is 0. The van der Waals surface area contributed by atoms with Crippen LogP contribution >= 0.6 is 0 Å². The molecule has 0 aromatic heterocycles. The zero-order valence-electron chi connectivity index (χ0n) is 8.62. The molecule has 0 radical (unpaired) electrons. The summed E-state index contributed by atoms with van der Waals surface area (Å²) in [6.45, 7) is 3.05. The average molecular weight is 188 g/mol. The second-order valence-corrected chi connectivity index (χ2v) is 3.65. The molecule has 0 heterocycles. The lowest BCUT2D eigenvalue weighted by Crippen LogP contribution is -2.31. The molecule has 2 rings (SSSR count). The summed E-state index contributed by atoms with van der Waals surface area (Å²) in [7, 11) is 0. The summed E-state index contributed by atoms with van der Waals surface area (Å²) in [6.07, 6.45) is 7.89. The van der Waals surface area contributed by atoms with Crippen molar-refractivity contribution >= 4 is 12.2 Å². The molecule has 0 spiro atoms. The van der Waals surface area contributed by atoms with Crippen LogP contribution in [0.2, 0.25) is 0 Å². The molecule has 0 saturated carbocycles. The van der Waals surface area contributed by atoms with Crippen molar-refractivity contribution in [3.63, 3.8) is 0 Å². The molecule has 1 nitrogen and oxygen atoms in total. The summed E-state index contributed by atoms with van der Waals surface area (Å²) in [6, 6.07) is 6.22. The van der Waals surface area contributed by atoms with Crippen LogP contribution in [0.5, 0.6) is 5.75 Å². The van der Waals surface area contributed by atoms with Gasteiger partial charge in [0.15, 0.2) is 0 Å². The molecule has 0 bridgehead atoms. The minimum atomic E-state index is 0.845. The Balaban J connectivity index is 1.95. The molecule has 0 unspecified atom stereocenters. The third kappa shape index (κ3) is 1.82. The van der Waals surface area contributed by atoms with Gasteiger partial charge in [0.2, 0.25) is 0 Å². The van der Waals surface area contributed by atoms with Crippen LogP contribution < -0.4 is 15.2 Å². The van der Waals surface area contributed by atoms with Crippen LogP contribution in [0.15, 0.2) is 18.2 Å². The normalized spacial score (nSPS) is 12.1. The number of ether oxygens (including phenoxy) is 1. The Morgan fingerprint density at radius 1 is 1.14 bits per heavy atom. The Labute approximate surface area is 84.7 Å². The Morgan fingerprint density at radius 3 is 2.79 bits per heavy atom. The van der Waals surface area contributed by atoms with E-state index in [2.05, 4.69) is 31.2 Å². The van der Waals surface area contributed by atoms with Crippen molar-refractivity contribution in [3.8, 4) is 5.75 Å². The molecule has 14 heavy (non-hydrogen) atoms. The molecule has 1 aliphatic rings. The molecule has 0 saturated heterocycles. The van der Waals surface area contributed by atoms with Gasteiger partial charge < -0.3 is 4.74 Å². The van der Waals surface area contributed by atoms with Crippen molar-refractivity contribution in [2.45, 2.75) is 26.2 Å². The Morgan fingerprint density at radius 2 is 2.07 bits per heavy atom. The van der Waals surface area contributed by atoms with Gasteiger partial charge in [0.25, 0.3) is 0 Å². The highest BCUT2D eigenvalue weighted by Gasteiger charge is 2.00. The van der Waals surface area contributed by atoms with Crippen LogP contribution in [0.3, 0.4) is 0 Å². The second-order valence-electron chi connectivity index (χ2n) is 3.65. The molecule has 1 aromatic rings. The largest absolute Gasteiger partial charge is 0.493 e. The maximum absolute atomic E-state index is 5.72. The topological polar surface area (TPSA) is 9.23 Å². The first-order chi connectivity index (χ1) is 6.92. The average Bonchev–Trinajstić information content (AvgIpc) is 2.15. The minimum absolute atomic E-state index is 0.845. The van der Waals surface area contributed by atoms with E-state index in [-0.39, 0.29) is 0 Å². The van der Waals surface area contributed by atoms with Crippen LogP contribution in [0.25, 0.3) is 12.2 Å². The maximum atomic E-state index is 5.72. The summed E-state index contributed by atoms with van der Waals surface area (Å²) in [5.74, 6) is 1.04. The summed E-state index contributed by atoms with van der Waals surface area (Å²) >= 11 is 0. The number of hydrogen-bond acceptors (Lipinski definition) is 1. The summed E-state index contributed by atoms with van der Waals surface area (Å²) in [4.78, 5) is 0. The smallest absolute Gasteiger partial charge is 0.127 e. The first kappa shape index (κ1) is 9.32. The number of hydrogen-bond donors (Lipinski definition) is 0. The lowest BCUT2D eigenvalue weighted by molar-refractivity contribution is 0.303. The van der Waals surface area contributed by atoms with Crippen molar-refractivity contribution < 1.29 is 4.74 Å². The van der Waals surface area contributed by atoms with Gasteiger partial charge in [-0.25, -0.2) is 0 Å². The number of unbranched alkanes of at least 4 members (excludes halogenated alkanes) is 2. The number of fused-ring (bicyclic) bond motifs is 1. The lowest BCUT2D eigenvalue weighted by Gasteiger charge is -2.09. The minimum Gasteiger partial charge on any atom is -0.493 e. The fourth-order valence-electron chi connectivity index (χ4n) is 1.62. The van der Waals surface area contributed by atoms with E-state index >= 15 is 0 Å². The van der Waals surface area contributed by atoms with Crippen molar-refractivity contribution in [2.75, 3.05) is 6.61 Å². The van der Waals surface area contributed by atoms with Gasteiger partial charge in [-0.3, -0.25) is 0 Å². The van der Waals surface area contributed by atoms with E-state index in [4.69, 9.17) is 4.74 Å². The van der Waals surface area contributed by atoms with E-state index in [0.717, 1.165) is 18.8 Å². The van der Waals surface area contributed by atoms with Gasteiger partial charge in [-0.15, -0.1) is 0 Å². The molecule has 0 aliphatic heterocycles. The molecule has 0 fully saturated rings. The van der Waals surface area contributed by atoms with Crippen molar-refractivity contribution in [2.24, 2.45) is 0 Å². The third-order valence-electron chi connectivity index (χ3n) is 2.53. The van der Waals surface area contributed by atoms with Crippen molar-refractivity contribution in [1.82, 2.24) is 0 Å². The summed E-state index contributed by atoms with van der Waals surface area (Å²) < 4.78 is 5.72. The highest BCUT2D eigenvalue weighted by atomic mass is 16.5. The van der Waals surface area contributed by atoms with Gasteiger partial charge in [-0.05, 0) is 17.7 Å². The predicted molar refractivity (Wildman–Crippen MR) is 59.6 cm³/mol. The van der Waals surface area contributed by atoms with Gasteiger partial charge in [0.05, 0.1) is 6.61 Å². The van der Waals surface area contributed by atoms with Crippen LogP contribution in [0.4, 0.5) is 0 Å². The maximum Gasteiger partial charge on any atom is 0.127 e. The van der Waals surface area contributed by atoms with E-state index in [1.54, 1.807) is 0 Å². The highest BCUT2D eigenvalue weighted by molar-refractivity contribution is 5.70. The first-order valence-electron chi connectivity index (χ1n) is 5.35. The molecule has 0 atom stereocenters. The van der Waals surface area contributed by atoms with Gasteiger partial charge in [-0.2, -0.15) is 0 Å². The Kier molecular flexibility index (Phi) is 2.87. The molecule has 1 aliphatic carbocycles. The van der Waals surface area contributed by atoms with Crippen LogP contribution in [-0.2, 0) is 0 Å². The fourth-order valence-corrected chi connectivity index (χ4v) is 1.62. The van der Waals surface area contributed by atoms with E-state index < -0.39 is 0 Å². The second kappa shape index (κ2) is 4.32. The zero-order chi connectivity index (χ0) is 9.80. The number of benzene rings is 1. The molecule has 1 aromatic carbocycles. The Bertz CT molecular complexity index is 417. The molecule has 0 N–H and O–H groups in total. The molecule has 1 heteroatoms. The summed E-state index contributed by atoms with van der Waals surface area (Å²) in [5, 5.41) is 2.57. The van der Waals surface area contributed by atoms with Crippen LogP contribution in [0, 0.1) is 0 Å². The zero-order valence-corrected chi connectivity index (χ0v) is 8.62. The quantitative estimate of drug-likeness (QED) is 0.641. The fraction of sp³-hybridized carbons (Fsp3) is 0.385. The van der Waals surface area contributed by atoms with Crippen LogP contribution in [0.1, 0.15) is 26.2 Å². The lowest BCUT2D eigenvalue weighted by atomic mass is 10.1. The van der Waals surface area contributed by atoms with Gasteiger partial charge >= 0.3 is 0 Å². The van der Waals surface area contributed by atoms with Gasteiger partial charge in [0.1, 0.15) is 5.75 Å². The van der Waals surface area contributed by atoms with E-state index in [0.29, 0.717) is 0 Å². The number of rotatable bonds is 5. The van der Waals surface area contributed by atoms with Gasteiger partial charge in [0, 0.05) is 5.22 Å². The highest BCUT2D eigenvalue weighted by Crippen LogP contribution is 2.04. The Hall–Kier alpha value is -1.24. The SMILES string of the molecule is CCCCCOc1cccc2c1=CC=2. The first-order valence-corrected chi connectivity index (χ1v) is 5.35. The van der Waals surface area contributed by atoms with E-state index in [9.17, 15) is 0 Å². The van der Waals surface area contributed by atoms with Crippen molar-refractivity contribution in [1.29, 1.82) is 0 Å². The van der Waals surface area contributed by atoms with E-state index in [1.807, 2.05) is 6.07 Å². The standard InChI is InChI=1S/C13H16O/c1-2-3-4-10-14-13-7-5-6-11-8-9-12(11)13/h5-9H,2-4,10H2,1H3. The van der Waals surface area contributed by atoms with Crippen LogP contribution in [-0.4, -0.2) is 6.61 Å². The molecular weight excluding hydrogens is 172 g/mol. The van der Waals surface area contributed by atoms with E-state index in [1.165, 1.54) is 23.3 Å². The molecular formula is C13H16O. The molecule has 0 amide bonds. The van der Waals surface area contributed by atoms with Gasteiger partial charge in [-0.1, -0.05) is 44.1 Å². The predicted octanol–water partition coefficient (Wildman–Crippen LogP) is 1.83. The monoisotopic (exact) mass is 188 g/mol. The molecule has 74 valence electrons. The van der Waals surface area contributed by atoms with Crippen molar-refractivity contribution in [3.05, 3.63) is 28.6 Å². The third-order valence-corrected chi connectivity index (χ3v) is 2.53.